The van der Waals surface area contributed by atoms with Crippen LogP contribution in [0.5, 0.6) is 0 Å². The molecular weight excluding hydrogens is 288 g/mol. The molecule has 0 spiro atoms. The molecule has 0 amide bonds. The van der Waals surface area contributed by atoms with Gasteiger partial charge in [-0.25, -0.2) is 13.1 Å². The van der Waals surface area contributed by atoms with Crippen LogP contribution >= 0.6 is 0 Å². The lowest BCUT2D eigenvalue weighted by molar-refractivity contribution is 0.417. The van der Waals surface area contributed by atoms with Gasteiger partial charge in [0.25, 0.3) is 0 Å². The first kappa shape index (κ1) is 18.1. The molecule has 0 atom stereocenters. The highest BCUT2D eigenvalue weighted by molar-refractivity contribution is 7.89. The maximum atomic E-state index is 12.7. The van der Waals surface area contributed by atoms with Gasteiger partial charge in [-0.1, -0.05) is 13.3 Å². The Hall–Kier alpha value is -0.920. The van der Waals surface area contributed by atoms with Crippen LogP contribution in [-0.2, 0) is 16.6 Å². The Kier molecular flexibility index (Phi) is 5.95. The Labute approximate surface area is 128 Å². The van der Waals surface area contributed by atoms with Crippen molar-refractivity contribution >= 4 is 10.0 Å². The van der Waals surface area contributed by atoms with Crippen LogP contribution in [0.3, 0.4) is 0 Å². The number of sulfonamides is 1. The zero-order valence-electron chi connectivity index (χ0n) is 13.7. The van der Waals surface area contributed by atoms with Crippen LogP contribution in [0.1, 0.15) is 51.4 Å². The van der Waals surface area contributed by atoms with E-state index in [1.165, 1.54) is 0 Å². The third kappa shape index (κ3) is 4.52. The molecule has 1 aromatic rings. The molecule has 0 aliphatic carbocycles. The average molecular weight is 316 g/mol. The van der Waals surface area contributed by atoms with Crippen LogP contribution in [0.15, 0.2) is 4.90 Å². The summed E-state index contributed by atoms with van der Waals surface area (Å²) in [6.45, 7) is 10.6. The molecule has 0 unspecified atom stereocenters. The van der Waals surface area contributed by atoms with E-state index >= 15 is 0 Å². The minimum atomic E-state index is -3.57. The number of nitrogens with zero attached hydrogens (tertiary/aromatic N) is 2. The van der Waals surface area contributed by atoms with Crippen molar-refractivity contribution in [3.63, 3.8) is 0 Å². The molecule has 0 bridgehead atoms. The van der Waals surface area contributed by atoms with Gasteiger partial charge in [0, 0.05) is 12.1 Å². The second-order valence-corrected chi connectivity index (χ2v) is 7.72. The highest BCUT2D eigenvalue weighted by atomic mass is 32.2. The van der Waals surface area contributed by atoms with Crippen LogP contribution in [0.25, 0.3) is 0 Å². The minimum Gasteiger partial charge on any atom is -0.330 e. The van der Waals surface area contributed by atoms with Crippen LogP contribution in [0, 0.1) is 13.8 Å². The number of nitrogens with one attached hydrogen (secondary N) is 1. The lowest BCUT2D eigenvalue weighted by atomic mass is 10.0. The van der Waals surface area contributed by atoms with Gasteiger partial charge in [0.1, 0.15) is 4.90 Å². The summed E-state index contributed by atoms with van der Waals surface area (Å²) in [6, 6.07) is 0. The first-order chi connectivity index (χ1) is 9.64. The van der Waals surface area contributed by atoms with Crippen molar-refractivity contribution in [1.29, 1.82) is 0 Å². The van der Waals surface area contributed by atoms with Gasteiger partial charge < -0.3 is 5.73 Å². The predicted octanol–water partition coefficient (Wildman–Crippen LogP) is 1.71. The molecule has 0 saturated heterocycles. The third-order valence-electron chi connectivity index (χ3n) is 3.44. The van der Waals surface area contributed by atoms with Gasteiger partial charge >= 0.3 is 0 Å². The maximum absolute atomic E-state index is 12.7. The van der Waals surface area contributed by atoms with E-state index in [1.54, 1.807) is 18.5 Å². The number of hydrogen-bond acceptors (Lipinski definition) is 4. The maximum Gasteiger partial charge on any atom is 0.244 e. The molecule has 7 heteroatoms. The number of rotatable bonds is 8. The zero-order valence-corrected chi connectivity index (χ0v) is 14.5. The van der Waals surface area contributed by atoms with Crippen molar-refractivity contribution in [3.05, 3.63) is 11.4 Å². The number of nitrogens with two attached hydrogens (primary N) is 1. The fraction of sp³-hybridized carbons (Fsp3) is 0.786. The quantitative estimate of drug-likeness (QED) is 0.764. The Morgan fingerprint density at radius 1 is 1.33 bits per heavy atom. The third-order valence-corrected chi connectivity index (χ3v) is 5.39. The Bertz CT molecular complexity index is 576. The predicted molar refractivity (Wildman–Crippen MR) is 84.7 cm³/mol. The van der Waals surface area contributed by atoms with E-state index in [2.05, 4.69) is 9.82 Å². The summed E-state index contributed by atoms with van der Waals surface area (Å²) >= 11 is 0. The van der Waals surface area contributed by atoms with E-state index in [0.29, 0.717) is 29.4 Å². The van der Waals surface area contributed by atoms with Crippen LogP contribution < -0.4 is 10.5 Å². The summed E-state index contributed by atoms with van der Waals surface area (Å²) in [5.74, 6) is 0. The molecule has 0 fully saturated rings. The van der Waals surface area contributed by atoms with Crippen LogP contribution in [-0.4, -0.2) is 30.3 Å². The second kappa shape index (κ2) is 6.89. The van der Waals surface area contributed by atoms with Crippen molar-refractivity contribution in [2.75, 3.05) is 6.54 Å². The normalized spacial score (nSPS) is 12.9. The van der Waals surface area contributed by atoms with E-state index in [0.717, 1.165) is 19.3 Å². The Morgan fingerprint density at radius 3 is 2.48 bits per heavy atom. The van der Waals surface area contributed by atoms with Gasteiger partial charge in [0.2, 0.25) is 10.0 Å². The van der Waals surface area contributed by atoms with Gasteiger partial charge in [0.15, 0.2) is 0 Å². The van der Waals surface area contributed by atoms with Crippen molar-refractivity contribution in [2.24, 2.45) is 5.73 Å². The van der Waals surface area contributed by atoms with Crippen molar-refractivity contribution in [1.82, 2.24) is 14.5 Å². The van der Waals surface area contributed by atoms with E-state index in [4.69, 9.17) is 5.73 Å². The van der Waals surface area contributed by atoms with Gasteiger partial charge in [-0.05, 0) is 47.1 Å². The van der Waals surface area contributed by atoms with Gasteiger partial charge in [-0.2, -0.15) is 5.10 Å². The molecule has 1 aromatic heterocycles. The van der Waals surface area contributed by atoms with Crippen molar-refractivity contribution < 1.29 is 8.42 Å². The summed E-state index contributed by atoms with van der Waals surface area (Å²) in [7, 11) is -3.57. The number of hydrogen-bond donors (Lipinski definition) is 2. The van der Waals surface area contributed by atoms with Gasteiger partial charge in [-0.3, -0.25) is 4.68 Å². The lowest BCUT2D eigenvalue weighted by Gasteiger charge is -2.25. The zero-order chi connectivity index (χ0) is 16.3. The van der Waals surface area contributed by atoms with Gasteiger partial charge in [0.05, 0.1) is 11.4 Å². The summed E-state index contributed by atoms with van der Waals surface area (Å²) in [5.41, 5.74) is 6.23. The van der Waals surface area contributed by atoms with E-state index in [-0.39, 0.29) is 0 Å². The molecule has 0 radical (unpaired) electrons. The number of aryl methyl sites for hydroxylation is 2. The smallest absolute Gasteiger partial charge is 0.244 e. The van der Waals surface area contributed by atoms with Crippen LogP contribution in [0.4, 0.5) is 0 Å². The van der Waals surface area contributed by atoms with E-state index in [1.807, 2.05) is 20.8 Å². The molecule has 1 rings (SSSR count). The minimum absolute atomic E-state index is 0.295. The molecule has 0 aliphatic heterocycles. The first-order valence-corrected chi connectivity index (χ1v) is 8.91. The van der Waals surface area contributed by atoms with Crippen molar-refractivity contribution in [2.45, 2.75) is 70.9 Å². The largest absolute Gasteiger partial charge is 0.330 e. The molecule has 122 valence electrons. The highest BCUT2D eigenvalue weighted by Gasteiger charge is 2.30. The Balaban J connectivity index is 3.11. The molecule has 0 saturated carbocycles. The fourth-order valence-corrected chi connectivity index (χ4v) is 4.47. The highest BCUT2D eigenvalue weighted by Crippen LogP contribution is 2.22. The summed E-state index contributed by atoms with van der Waals surface area (Å²) in [6.07, 6.45) is 2.48. The first-order valence-electron chi connectivity index (χ1n) is 7.42. The second-order valence-electron chi connectivity index (χ2n) is 6.10. The van der Waals surface area contributed by atoms with Crippen LogP contribution in [0.2, 0.25) is 0 Å². The Morgan fingerprint density at radius 2 is 1.95 bits per heavy atom. The fourth-order valence-electron chi connectivity index (χ4n) is 2.62. The van der Waals surface area contributed by atoms with E-state index < -0.39 is 15.6 Å². The summed E-state index contributed by atoms with van der Waals surface area (Å²) in [4.78, 5) is 0.295. The lowest BCUT2D eigenvalue weighted by Crippen LogP contribution is -2.43. The average Bonchev–Trinajstić information content (AvgIpc) is 2.60. The number of aromatic nitrogens is 2. The monoisotopic (exact) mass is 316 g/mol. The van der Waals surface area contributed by atoms with Gasteiger partial charge in [-0.15, -0.1) is 0 Å². The molecular formula is C14H28N4O2S. The molecule has 0 aliphatic rings. The topological polar surface area (TPSA) is 90.0 Å². The van der Waals surface area contributed by atoms with Crippen molar-refractivity contribution in [3.8, 4) is 0 Å². The van der Waals surface area contributed by atoms with E-state index in [9.17, 15) is 8.42 Å². The molecule has 6 nitrogen and oxygen atoms in total. The molecule has 3 N–H and O–H groups in total. The molecule has 21 heavy (non-hydrogen) atoms. The molecule has 1 heterocycles. The summed E-state index contributed by atoms with van der Waals surface area (Å²) < 4.78 is 29.8. The molecule has 0 aromatic carbocycles. The standard InChI is InChI=1S/C14H28N4O2S/c1-6-8-14(4,5)17-21(19,20)13-11(2)16-18(12(13)3)10-7-9-15/h17H,6-10,15H2,1-5H3. The SMILES string of the molecule is CCCC(C)(C)NS(=O)(=O)c1c(C)nn(CCCN)c1C. The summed E-state index contributed by atoms with van der Waals surface area (Å²) in [5, 5.41) is 4.33.